The van der Waals surface area contributed by atoms with Crippen LogP contribution < -0.4 is 20.5 Å². The number of halogens is 2. The van der Waals surface area contributed by atoms with Gasteiger partial charge >= 0.3 is 0 Å². The van der Waals surface area contributed by atoms with Crippen LogP contribution in [-0.4, -0.2) is 26.7 Å². The molecule has 3 N–H and O–H groups in total. The molecular weight excluding hydrogens is 335 g/mol. The third kappa shape index (κ3) is 4.30. The molecule has 5 nitrogen and oxygen atoms in total. The molecule has 0 bridgehead atoms. The molecule has 1 fully saturated rings. The number of ether oxygens (including phenoxy) is 2. The fraction of sp³-hybridized carbons (Fsp3) is 0.588. The van der Waals surface area contributed by atoms with Crippen LogP contribution in [0.5, 0.6) is 11.5 Å². The third-order valence-electron chi connectivity index (χ3n) is 4.63. The maximum Gasteiger partial charge on any atom is 0.223 e. The number of nitrogens with one attached hydrogen (secondary N) is 1. The number of rotatable bonds is 6. The van der Waals surface area contributed by atoms with E-state index in [4.69, 9.17) is 15.2 Å². The lowest BCUT2D eigenvalue weighted by Crippen LogP contribution is -2.36. The first kappa shape index (κ1) is 20.5. The molecule has 1 aliphatic rings. The fourth-order valence-corrected chi connectivity index (χ4v) is 3.26. The Morgan fingerprint density at radius 3 is 2.54 bits per heavy atom. The minimum absolute atomic E-state index is 0. The second-order valence-electron chi connectivity index (χ2n) is 5.99. The Kier molecular flexibility index (Phi) is 7.76. The topological polar surface area (TPSA) is 73.6 Å². The predicted molar refractivity (Wildman–Crippen MR) is 93.2 cm³/mol. The van der Waals surface area contributed by atoms with E-state index in [0.29, 0.717) is 23.6 Å². The first-order valence-electron chi connectivity index (χ1n) is 7.93. The molecule has 0 heterocycles. The minimum Gasteiger partial charge on any atom is -0.493 e. The van der Waals surface area contributed by atoms with Crippen molar-refractivity contribution < 1.29 is 18.7 Å². The van der Waals surface area contributed by atoms with Gasteiger partial charge in [-0.25, -0.2) is 4.39 Å². The van der Waals surface area contributed by atoms with Crippen molar-refractivity contribution in [2.24, 2.45) is 17.6 Å². The van der Waals surface area contributed by atoms with Crippen LogP contribution in [0.3, 0.4) is 0 Å². The summed E-state index contributed by atoms with van der Waals surface area (Å²) in [5.41, 5.74) is 6.10. The van der Waals surface area contributed by atoms with E-state index in [1.54, 1.807) is 13.0 Å². The van der Waals surface area contributed by atoms with Gasteiger partial charge in [0.25, 0.3) is 0 Å². The molecule has 0 saturated heterocycles. The van der Waals surface area contributed by atoms with Gasteiger partial charge in [-0.15, -0.1) is 12.4 Å². The molecule has 1 amide bonds. The van der Waals surface area contributed by atoms with Crippen LogP contribution >= 0.6 is 12.4 Å². The van der Waals surface area contributed by atoms with Crippen molar-refractivity contribution in [3.8, 4) is 11.5 Å². The molecule has 1 aromatic carbocycles. The average Bonchev–Trinajstić information content (AvgIpc) is 3.02. The summed E-state index contributed by atoms with van der Waals surface area (Å²) in [6.45, 7) is 2.27. The Bertz CT molecular complexity index is 571. The van der Waals surface area contributed by atoms with Crippen LogP contribution in [0.25, 0.3) is 0 Å². The number of amides is 1. The summed E-state index contributed by atoms with van der Waals surface area (Å²) in [5, 5.41) is 2.90. The second-order valence-corrected chi connectivity index (χ2v) is 5.99. The zero-order valence-corrected chi connectivity index (χ0v) is 15.1. The smallest absolute Gasteiger partial charge is 0.223 e. The molecule has 1 aromatic rings. The van der Waals surface area contributed by atoms with Crippen LogP contribution in [-0.2, 0) is 4.79 Å². The summed E-state index contributed by atoms with van der Waals surface area (Å²) in [6, 6.07) is 2.38. The van der Waals surface area contributed by atoms with Crippen molar-refractivity contribution >= 4 is 18.3 Å². The van der Waals surface area contributed by atoms with Crippen molar-refractivity contribution in [2.75, 3.05) is 20.8 Å². The summed E-state index contributed by atoms with van der Waals surface area (Å²) < 4.78 is 24.5. The van der Waals surface area contributed by atoms with Crippen LogP contribution in [0, 0.1) is 17.7 Å². The molecular formula is C17H26ClFN2O3. The number of methoxy groups -OCH3 is 2. The van der Waals surface area contributed by atoms with Crippen molar-refractivity contribution in [1.29, 1.82) is 0 Å². The zero-order chi connectivity index (χ0) is 17.0. The number of hydrogen-bond donors (Lipinski definition) is 2. The van der Waals surface area contributed by atoms with Crippen LogP contribution in [0.1, 0.15) is 37.8 Å². The maximum absolute atomic E-state index is 14.3. The SMILES string of the molecule is COc1cc(F)c(C(C)NC(=O)[C@@H]2CCC[C@@H]2CN)cc1OC.Cl. The van der Waals surface area contributed by atoms with Crippen molar-refractivity contribution in [1.82, 2.24) is 5.32 Å². The third-order valence-corrected chi connectivity index (χ3v) is 4.63. The molecule has 0 aromatic heterocycles. The molecule has 0 radical (unpaired) electrons. The van der Waals surface area contributed by atoms with E-state index in [0.717, 1.165) is 19.3 Å². The molecule has 1 saturated carbocycles. The highest BCUT2D eigenvalue weighted by Gasteiger charge is 2.32. The summed E-state index contributed by atoms with van der Waals surface area (Å²) in [5.74, 6) is 0.414. The van der Waals surface area contributed by atoms with E-state index < -0.39 is 11.9 Å². The Morgan fingerprint density at radius 2 is 1.96 bits per heavy atom. The van der Waals surface area contributed by atoms with Crippen molar-refractivity contribution in [3.05, 3.63) is 23.5 Å². The Labute approximate surface area is 148 Å². The van der Waals surface area contributed by atoms with Gasteiger partial charge < -0.3 is 20.5 Å². The molecule has 0 aliphatic heterocycles. The lowest BCUT2D eigenvalue weighted by molar-refractivity contribution is -0.126. The number of carbonyl (C=O) groups is 1. The highest BCUT2D eigenvalue weighted by Crippen LogP contribution is 2.34. The number of nitrogens with two attached hydrogens (primary N) is 1. The second kappa shape index (κ2) is 9.08. The van der Waals surface area contributed by atoms with E-state index in [9.17, 15) is 9.18 Å². The first-order chi connectivity index (χ1) is 11.0. The normalized spacial score (nSPS) is 20.9. The van der Waals surface area contributed by atoms with Gasteiger partial charge in [-0.05, 0) is 38.3 Å². The van der Waals surface area contributed by atoms with Gasteiger partial charge in [0.1, 0.15) is 5.82 Å². The fourth-order valence-electron chi connectivity index (χ4n) is 3.26. The Morgan fingerprint density at radius 1 is 1.33 bits per heavy atom. The van der Waals surface area contributed by atoms with E-state index in [1.165, 1.54) is 20.3 Å². The van der Waals surface area contributed by atoms with Gasteiger partial charge in [0.05, 0.1) is 20.3 Å². The molecule has 0 spiro atoms. The summed E-state index contributed by atoms with van der Waals surface area (Å²) in [7, 11) is 2.95. The summed E-state index contributed by atoms with van der Waals surface area (Å²) in [6.07, 6.45) is 2.83. The zero-order valence-electron chi connectivity index (χ0n) is 14.3. The van der Waals surface area contributed by atoms with Crippen LogP contribution in [0.2, 0.25) is 0 Å². The standard InChI is InChI=1S/C17H25FN2O3.ClH/c1-10(20-17(21)12-6-4-5-11(12)9-19)13-7-15(22-2)16(23-3)8-14(13)18;/h7-8,10-12H,4-6,9,19H2,1-3H3,(H,20,21);1H/t10?,11-,12-;/m1./s1. The average molecular weight is 361 g/mol. The molecule has 24 heavy (non-hydrogen) atoms. The molecule has 1 unspecified atom stereocenters. The van der Waals surface area contributed by atoms with Gasteiger partial charge in [-0.2, -0.15) is 0 Å². The van der Waals surface area contributed by atoms with Crippen LogP contribution in [0.4, 0.5) is 4.39 Å². The van der Waals surface area contributed by atoms with Gasteiger partial charge in [-0.1, -0.05) is 6.42 Å². The highest BCUT2D eigenvalue weighted by atomic mass is 35.5. The summed E-state index contributed by atoms with van der Waals surface area (Å²) in [4.78, 5) is 12.4. The van der Waals surface area contributed by atoms with Gasteiger partial charge in [0.15, 0.2) is 11.5 Å². The van der Waals surface area contributed by atoms with E-state index >= 15 is 0 Å². The predicted octanol–water partition coefficient (Wildman–Crippen LogP) is 2.82. The summed E-state index contributed by atoms with van der Waals surface area (Å²) >= 11 is 0. The van der Waals surface area contributed by atoms with Crippen molar-refractivity contribution in [3.63, 3.8) is 0 Å². The van der Waals surface area contributed by atoms with E-state index in [2.05, 4.69) is 5.32 Å². The minimum atomic E-state index is -0.457. The number of carbonyl (C=O) groups excluding carboxylic acids is 1. The lowest BCUT2D eigenvalue weighted by Gasteiger charge is -2.22. The monoisotopic (exact) mass is 360 g/mol. The molecule has 1 aliphatic carbocycles. The number of hydrogen-bond acceptors (Lipinski definition) is 4. The molecule has 7 heteroatoms. The quantitative estimate of drug-likeness (QED) is 0.818. The van der Waals surface area contributed by atoms with Gasteiger partial charge in [0.2, 0.25) is 5.91 Å². The Hall–Kier alpha value is -1.53. The molecule has 136 valence electrons. The number of benzene rings is 1. The van der Waals surface area contributed by atoms with E-state index in [-0.39, 0.29) is 30.2 Å². The molecule has 3 atom stereocenters. The first-order valence-corrected chi connectivity index (χ1v) is 7.93. The van der Waals surface area contributed by atoms with Gasteiger partial charge in [0, 0.05) is 17.5 Å². The lowest BCUT2D eigenvalue weighted by atomic mass is 9.94. The maximum atomic E-state index is 14.3. The Balaban J connectivity index is 0.00000288. The van der Waals surface area contributed by atoms with Gasteiger partial charge in [-0.3, -0.25) is 4.79 Å². The van der Waals surface area contributed by atoms with Crippen molar-refractivity contribution in [2.45, 2.75) is 32.2 Å². The van der Waals surface area contributed by atoms with Crippen LogP contribution in [0.15, 0.2) is 12.1 Å². The largest absolute Gasteiger partial charge is 0.493 e. The molecule has 2 rings (SSSR count). The van der Waals surface area contributed by atoms with E-state index in [1.807, 2.05) is 0 Å². The highest BCUT2D eigenvalue weighted by molar-refractivity contribution is 5.85.